The zero-order valence-electron chi connectivity index (χ0n) is 15.9. The summed E-state index contributed by atoms with van der Waals surface area (Å²) in [4.78, 5) is 26.7. The van der Waals surface area contributed by atoms with Gasteiger partial charge >= 0.3 is 0 Å². The SMILES string of the molecule is Cc1ccccc1[C@@H]1[C@@H](C(=O)NCC2(CO)CCOCC2)OCC(=O)N1C. The van der Waals surface area contributed by atoms with Crippen LogP contribution in [0.15, 0.2) is 24.3 Å². The molecule has 2 aliphatic rings. The van der Waals surface area contributed by atoms with Gasteiger partial charge in [0, 0.05) is 32.2 Å². The van der Waals surface area contributed by atoms with E-state index in [2.05, 4.69) is 5.32 Å². The minimum absolute atomic E-state index is 0.00176. The molecule has 2 saturated heterocycles. The number of carbonyl (C=O) groups excluding carboxylic acids is 2. The number of aryl methyl sites for hydroxylation is 1. The number of ether oxygens (including phenoxy) is 2. The van der Waals surface area contributed by atoms with Gasteiger partial charge in [0.25, 0.3) is 5.91 Å². The topological polar surface area (TPSA) is 88.1 Å². The monoisotopic (exact) mass is 376 g/mol. The van der Waals surface area contributed by atoms with E-state index < -0.39 is 12.1 Å². The van der Waals surface area contributed by atoms with Crippen LogP contribution in [-0.4, -0.2) is 67.9 Å². The molecule has 2 amide bonds. The largest absolute Gasteiger partial charge is 0.396 e. The Bertz CT molecular complexity index is 687. The quantitative estimate of drug-likeness (QED) is 0.794. The molecule has 2 atom stereocenters. The van der Waals surface area contributed by atoms with Crippen LogP contribution in [0, 0.1) is 12.3 Å². The van der Waals surface area contributed by atoms with Crippen LogP contribution in [0.5, 0.6) is 0 Å². The van der Waals surface area contributed by atoms with Crippen LogP contribution in [0.25, 0.3) is 0 Å². The molecule has 1 aromatic carbocycles. The summed E-state index contributed by atoms with van der Waals surface area (Å²) in [6.45, 7) is 3.38. The predicted octanol–water partition coefficient (Wildman–Crippen LogP) is 0.799. The van der Waals surface area contributed by atoms with E-state index in [1.807, 2.05) is 31.2 Å². The van der Waals surface area contributed by atoms with Crippen molar-refractivity contribution in [3.63, 3.8) is 0 Å². The Labute approximate surface area is 159 Å². The molecule has 0 aliphatic carbocycles. The molecule has 148 valence electrons. The third-order valence-electron chi connectivity index (χ3n) is 5.78. The molecule has 1 aromatic rings. The van der Waals surface area contributed by atoms with Gasteiger partial charge in [-0.2, -0.15) is 0 Å². The van der Waals surface area contributed by atoms with Crippen molar-refractivity contribution in [3.05, 3.63) is 35.4 Å². The Balaban J connectivity index is 1.77. The molecule has 2 N–H and O–H groups in total. The molecule has 0 unspecified atom stereocenters. The first kappa shape index (κ1) is 19.8. The summed E-state index contributed by atoms with van der Waals surface area (Å²) in [6.07, 6.45) is 0.619. The summed E-state index contributed by atoms with van der Waals surface area (Å²) in [5.74, 6) is -0.412. The lowest BCUT2D eigenvalue weighted by molar-refractivity contribution is -0.162. The van der Waals surface area contributed by atoms with Gasteiger partial charge in [0.1, 0.15) is 6.61 Å². The van der Waals surface area contributed by atoms with Crippen LogP contribution in [0.2, 0.25) is 0 Å². The number of hydrogen-bond donors (Lipinski definition) is 2. The van der Waals surface area contributed by atoms with E-state index in [0.717, 1.165) is 11.1 Å². The van der Waals surface area contributed by atoms with E-state index >= 15 is 0 Å². The molecule has 0 spiro atoms. The Morgan fingerprint density at radius 2 is 2.04 bits per heavy atom. The summed E-state index contributed by atoms with van der Waals surface area (Å²) in [5.41, 5.74) is 1.54. The van der Waals surface area contributed by atoms with E-state index in [4.69, 9.17) is 9.47 Å². The van der Waals surface area contributed by atoms with Gasteiger partial charge in [0.2, 0.25) is 5.91 Å². The molecule has 2 aliphatic heterocycles. The smallest absolute Gasteiger partial charge is 0.251 e. The molecule has 2 fully saturated rings. The Hall–Kier alpha value is -1.96. The second kappa shape index (κ2) is 8.37. The first-order valence-corrected chi connectivity index (χ1v) is 9.36. The molecule has 7 heteroatoms. The summed E-state index contributed by atoms with van der Waals surface area (Å²) in [6, 6.07) is 7.22. The standard InChI is InChI=1S/C20H28N2O5/c1-14-5-3-4-6-15(14)17-18(27-11-16(24)22(17)2)19(25)21-12-20(13-23)7-9-26-10-8-20/h3-6,17-18,23H,7-13H2,1-2H3,(H,21,25)/t17-,18+/m1/s1. The highest BCUT2D eigenvalue weighted by molar-refractivity contribution is 5.86. The lowest BCUT2D eigenvalue weighted by Crippen LogP contribution is -2.55. The highest BCUT2D eigenvalue weighted by Gasteiger charge is 2.41. The van der Waals surface area contributed by atoms with Gasteiger partial charge in [-0.1, -0.05) is 24.3 Å². The van der Waals surface area contributed by atoms with Crippen molar-refractivity contribution in [2.75, 3.05) is 40.0 Å². The van der Waals surface area contributed by atoms with Crippen LogP contribution < -0.4 is 5.32 Å². The van der Waals surface area contributed by atoms with Gasteiger partial charge < -0.3 is 24.8 Å². The number of hydrogen-bond acceptors (Lipinski definition) is 5. The maximum atomic E-state index is 13.0. The maximum Gasteiger partial charge on any atom is 0.251 e. The van der Waals surface area contributed by atoms with E-state index in [-0.39, 0.29) is 30.4 Å². The molecule has 27 heavy (non-hydrogen) atoms. The van der Waals surface area contributed by atoms with Gasteiger partial charge in [0.15, 0.2) is 6.10 Å². The van der Waals surface area contributed by atoms with Crippen molar-refractivity contribution in [2.45, 2.75) is 31.9 Å². The number of aliphatic hydroxyl groups is 1. The molecule has 0 saturated carbocycles. The average Bonchev–Trinajstić information content (AvgIpc) is 2.69. The highest BCUT2D eigenvalue weighted by atomic mass is 16.5. The maximum absolute atomic E-state index is 13.0. The van der Waals surface area contributed by atoms with Crippen LogP contribution in [0.3, 0.4) is 0 Å². The van der Waals surface area contributed by atoms with Crippen molar-refractivity contribution >= 4 is 11.8 Å². The summed E-state index contributed by atoms with van der Waals surface area (Å²) in [5, 5.41) is 12.8. The van der Waals surface area contributed by atoms with E-state index in [0.29, 0.717) is 32.6 Å². The number of carbonyl (C=O) groups is 2. The zero-order chi connectivity index (χ0) is 19.4. The van der Waals surface area contributed by atoms with Gasteiger partial charge in [0.05, 0.1) is 12.6 Å². The van der Waals surface area contributed by atoms with Crippen molar-refractivity contribution < 1.29 is 24.2 Å². The number of amides is 2. The minimum Gasteiger partial charge on any atom is -0.396 e. The van der Waals surface area contributed by atoms with Gasteiger partial charge in [-0.15, -0.1) is 0 Å². The molecule has 7 nitrogen and oxygen atoms in total. The molecule has 0 bridgehead atoms. The van der Waals surface area contributed by atoms with Gasteiger partial charge in [-0.3, -0.25) is 9.59 Å². The predicted molar refractivity (Wildman–Crippen MR) is 99.0 cm³/mol. The first-order chi connectivity index (χ1) is 13.0. The fourth-order valence-electron chi connectivity index (χ4n) is 3.79. The van der Waals surface area contributed by atoms with Crippen LogP contribution in [-0.2, 0) is 19.1 Å². The van der Waals surface area contributed by atoms with E-state index in [9.17, 15) is 14.7 Å². The molecular weight excluding hydrogens is 348 g/mol. The summed E-state index contributed by atoms with van der Waals surface area (Å²) < 4.78 is 11.0. The van der Waals surface area contributed by atoms with Crippen molar-refractivity contribution in [2.24, 2.45) is 5.41 Å². The normalized spacial score (nSPS) is 25.3. The number of rotatable bonds is 5. The lowest BCUT2D eigenvalue weighted by atomic mass is 9.81. The Morgan fingerprint density at radius 3 is 2.70 bits per heavy atom. The third-order valence-corrected chi connectivity index (χ3v) is 5.78. The second-order valence-corrected chi connectivity index (χ2v) is 7.53. The van der Waals surface area contributed by atoms with E-state index in [1.165, 1.54) is 0 Å². The summed E-state index contributed by atoms with van der Waals surface area (Å²) >= 11 is 0. The second-order valence-electron chi connectivity index (χ2n) is 7.53. The number of likely N-dealkylation sites (N-methyl/N-ethyl adjacent to an activating group) is 1. The third kappa shape index (κ3) is 4.15. The highest BCUT2D eigenvalue weighted by Crippen LogP contribution is 2.32. The van der Waals surface area contributed by atoms with Crippen molar-refractivity contribution in [1.29, 1.82) is 0 Å². The Morgan fingerprint density at radius 1 is 1.33 bits per heavy atom. The number of nitrogens with one attached hydrogen (secondary N) is 1. The van der Waals surface area contributed by atoms with Crippen molar-refractivity contribution in [3.8, 4) is 0 Å². The average molecular weight is 376 g/mol. The zero-order valence-corrected chi connectivity index (χ0v) is 15.9. The van der Waals surface area contributed by atoms with Crippen LogP contribution in [0.4, 0.5) is 0 Å². The molecule has 0 aromatic heterocycles. The summed E-state index contributed by atoms with van der Waals surface area (Å²) in [7, 11) is 1.70. The number of nitrogens with zero attached hydrogens (tertiary/aromatic N) is 1. The van der Waals surface area contributed by atoms with Gasteiger partial charge in [-0.25, -0.2) is 0 Å². The fraction of sp³-hybridized carbons (Fsp3) is 0.600. The fourth-order valence-corrected chi connectivity index (χ4v) is 3.79. The van der Waals surface area contributed by atoms with E-state index in [1.54, 1.807) is 11.9 Å². The number of aliphatic hydroxyl groups excluding tert-OH is 1. The molecule has 0 radical (unpaired) electrons. The first-order valence-electron chi connectivity index (χ1n) is 9.36. The molecular formula is C20H28N2O5. The molecule has 3 rings (SSSR count). The minimum atomic E-state index is -0.788. The van der Waals surface area contributed by atoms with Crippen molar-refractivity contribution in [1.82, 2.24) is 10.2 Å². The molecule has 2 heterocycles. The van der Waals surface area contributed by atoms with Crippen LogP contribution in [0.1, 0.15) is 30.0 Å². The Kier molecular flexibility index (Phi) is 6.14. The van der Waals surface area contributed by atoms with Gasteiger partial charge in [-0.05, 0) is 30.9 Å². The number of benzene rings is 1. The lowest BCUT2D eigenvalue weighted by Gasteiger charge is -2.40. The van der Waals surface area contributed by atoms with Crippen LogP contribution >= 0.6 is 0 Å². The number of morpholine rings is 1.